The van der Waals surface area contributed by atoms with Crippen LogP contribution in [0.15, 0.2) is 48.8 Å². The van der Waals surface area contributed by atoms with E-state index in [1.165, 1.54) is 5.56 Å². The van der Waals surface area contributed by atoms with Crippen LogP contribution in [0.4, 0.5) is 0 Å². The second kappa shape index (κ2) is 7.25. The van der Waals surface area contributed by atoms with Crippen molar-refractivity contribution in [2.45, 2.75) is 13.0 Å². The zero-order valence-corrected chi connectivity index (χ0v) is 14.9. The fourth-order valence-corrected chi connectivity index (χ4v) is 3.67. The minimum Gasteiger partial charge on any atom is -0.350 e. The van der Waals surface area contributed by atoms with Gasteiger partial charge in [-0.1, -0.05) is 18.2 Å². The highest BCUT2D eigenvalue weighted by molar-refractivity contribution is 6.04. The molecule has 26 heavy (non-hydrogen) atoms. The fraction of sp³-hybridized carbons (Fsp3) is 0.350. The summed E-state index contributed by atoms with van der Waals surface area (Å²) in [5.74, 6) is 0.394. The summed E-state index contributed by atoms with van der Waals surface area (Å²) in [7, 11) is 1.87. The molecule has 0 radical (unpaired) electrons. The van der Waals surface area contributed by atoms with Crippen molar-refractivity contribution >= 4 is 16.8 Å². The monoisotopic (exact) mass is 349 g/mol. The SMILES string of the molecule is Cn1nc(C(=O)NC[C@H]2CCN(Cc3ccncc3)C2)c2ccccc21. The van der Waals surface area contributed by atoms with Gasteiger partial charge in [0.2, 0.25) is 0 Å². The number of likely N-dealkylation sites (tertiary alicyclic amines) is 1. The maximum Gasteiger partial charge on any atom is 0.272 e. The molecule has 1 aliphatic heterocycles. The van der Waals surface area contributed by atoms with Crippen LogP contribution in [-0.2, 0) is 13.6 Å². The fourth-order valence-electron chi connectivity index (χ4n) is 3.67. The number of fused-ring (bicyclic) bond motifs is 1. The summed E-state index contributed by atoms with van der Waals surface area (Å²) in [5, 5.41) is 8.37. The standard InChI is InChI=1S/C20H23N5O/c1-24-18-5-3-2-4-17(18)19(23-24)20(26)22-12-16-8-11-25(14-16)13-15-6-9-21-10-7-15/h2-7,9-10,16H,8,11-14H2,1H3,(H,22,26)/t16-/m1/s1. The predicted octanol–water partition coefficient (Wildman–Crippen LogP) is 2.22. The van der Waals surface area contributed by atoms with Crippen LogP contribution >= 0.6 is 0 Å². The molecule has 6 nitrogen and oxygen atoms in total. The molecule has 4 rings (SSSR count). The van der Waals surface area contributed by atoms with Gasteiger partial charge in [0.05, 0.1) is 5.52 Å². The molecule has 134 valence electrons. The predicted molar refractivity (Wildman–Crippen MR) is 101 cm³/mol. The lowest BCUT2D eigenvalue weighted by atomic mass is 10.1. The summed E-state index contributed by atoms with van der Waals surface area (Å²) >= 11 is 0. The Morgan fingerprint density at radius 1 is 1.23 bits per heavy atom. The Balaban J connectivity index is 1.33. The van der Waals surface area contributed by atoms with E-state index in [1.54, 1.807) is 4.68 Å². The lowest BCUT2D eigenvalue weighted by molar-refractivity contribution is 0.0943. The number of aryl methyl sites for hydroxylation is 1. The summed E-state index contributed by atoms with van der Waals surface area (Å²) < 4.78 is 1.76. The third-order valence-corrected chi connectivity index (χ3v) is 5.05. The molecular weight excluding hydrogens is 326 g/mol. The zero-order chi connectivity index (χ0) is 17.9. The van der Waals surface area contributed by atoms with Gasteiger partial charge in [0.25, 0.3) is 5.91 Å². The van der Waals surface area contributed by atoms with E-state index >= 15 is 0 Å². The Labute approximate surface area is 152 Å². The Kier molecular flexibility index (Phi) is 4.67. The van der Waals surface area contributed by atoms with Crippen molar-refractivity contribution in [3.8, 4) is 0 Å². The lowest BCUT2D eigenvalue weighted by Gasteiger charge is -2.16. The Morgan fingerprint density at radius 3 is 2.88 bits per heavy atom. The molecule has 6 heteroatoms. The molecule has 0 aliphatic carbocycles. The number of hydrogen-bond donors (Lipinski definition) is 1. The second-order valence-corrected chi connectivity index (χ2v) is 6.94. The maximum absolute atomic E-state index is 12.6. The number of hydrogen-bond acceptors (Lipinski definition) is 4. The second-order valence-electron chi connectivity index (χ2n) is 6.94. The highest BCUT2D eigenvalue weighted by atomic mass is 16.1. The highest BCUT2D eigenvalue weighted by Crippen LogP contribution is 2.19. The van der Waals surface area contributed by atoms with Crippen LogP contribution in [0, 0.1) is 5.92 Å². The Hall–Kier alpha value is -2.73. The topological polar surface area (TPSA) is 63.1 Å². The van der Waals surface area contributed by atoms with Crippen LogP contribution in [0.2, 0.25) is 0 Å². The number of carbonyl (C=O) groups is 1. The first-order valence-electron chi connectivity index (χ1n) is 9.02. The van der Waals surface area contributed by atoms with Crippen LogP contribution < -0.4 is 5.32 Å². The number of nitrogens with one attached hydrogen (secondary N) is 1. The molecule has 1 atom stereocenters. The van der Waals surface area contributed by atoms with E-state index in [-0.39, 0.29) is 5.91 Å². The van der Waals surface area contributed by atoms with Crippen molar-refractivity contribution in [1.29, 1.82) is 0 Å². The molecular formula is C20H23N5O. The van der Waals surface area contributed by atoms with Crippen molar-refractivity contribution in [2.75, 3.05) is 19.6 Å². The quantitative estimate of drug-likeness (QED) is 0.767. The molecule has 1 fully saturated rings. The van der Waals surface area contributed by atoms with Crippen molar-refractivity contribution in [2.24, 2.45) is 13.0 Å². The minimum absolute atomic E-state index is 0.0885. The Bertz CT molecular complexity index is 905. The van der Waals surface area contributed by atoms with Gasteiger partial charge in [-0.3, -0.25) is 19.4 Å². The zero-order valence-electron chi connectivity index (χ0n) is 14.9. The molecule has 0 spiro atoms. The summed E-state index contributed by atoms with van der Waals surface area (Å²) in [6, 6.07) is 11.9. The van der Waals surface area contributed by atoms with E-state index in [0.29, 0.717) is 18.2 Å². The molecule has 1 amide bonds. The third kappa shape index (κ3) is 3.46. The van der Waals surface area contributed by atoms with Gasteiger partial charge in [0, 0.05) is 44.5 Å². The van der Waals surface area contributed by atoms with Crippen LogP contribution in [0.3, 0.4) is 0 Å². The van der Waals surface area contributed by atoms with Crippen molar-refractivity contribution in [3.63, 3.8) is 0 Å². The third-order valence-electron chi connectivity index (χ3n) is 5.05. The number of benzene rings is 1. The van der Waals surface area contributed by atoms with Gasteiger partial charge in [-0.15, -0.1) is 0 Å². The smallest absolute Gasteiger partial charge is 0.272 e. The van der Waals surface area contributed by atoms with Gasteiger partial charge in [0.1, 0.15) is 0 Å². The molecule has 0 saturated carbocycles. The summed E-state index contributed by atoms with van der Waals surface area (Å²) in [5.41, 5.74) is 2.77. The van der Waals surface area contributed by atoms with Gasteiger partial charge in [-0.25, -0.2) is 0 Å². The van der Waals surface area contributed by atoms with Gasteiger partial charge in [-0.05, 0) is 42.6 Å². The number of aromatic nitrogens is 3. The molecule has 0 bridgehead atoms. The molecule has 3 heterocycles. The number of nitrogens with zero attached hydrogens (tertiary/aromatic N) is 4. The van der Waals surface area contributed by atoms with Crippen LogP contribution in [0.1, 0.15) is 22.5 Å². The largest absolute Gasteiger partial charge is 0.350 e. The van der Waals surface area contributed by atoms with E-state index in [2.05, 4.69) is 32.4 Å². The van der Waals surface area contributed by atoms with Gasteiger partial charge < -0.3 is 5.32 Å². The van der Waals surface area contributed by atoms with Crippen LogP contribution in [0.25, 0.3) is 10.9 Å². The summed E-state index contributed by atoms with van der Waals surface area (Å²) in [6.45, 7) is 3.70. The number of rotatable bonds is 5. The highest BCUT2D eigenvalue weighted by Gasteiger charge is 2.24. The van der Waals surface area contributed by atoms with Gasteiger partial charge in [0.15, 0.2) is 5.69 Å². The van der Waals surface area contributed by atoms with Crippen LogP contribution in [-0.4, -0.2) is 45.2 Å². The average molecular weight is 349 g/mol. The first-order valence-corrected chi connectivity index (χ1v) is 9.02. The molecule has 1 aliphatic rings. The van der Waals surface area contributed by atoms with Crippen LogP contribution in [0.5, 0.6) is 0 Å². The molecule has 0 unspecified atom stereocenters. The van der Waals surface area contributed by atoms with E-state index in [4.69, 9.17) is 0 Å². The van der Waals surface area contributed by atoms with E-state index in [9.17, 15) is 4.79 Å². The molecule has 2 aromatic heterocycles. The van der Waals surface area contributed by atoms with Crippen molar-refractivity contribution in [3.05, 3.63) is 60.0 Å². The number of amides is 1. The number of carbonyl (C=O) groups excluding carboxylic acids is 1. The molecule has 3 aromatic rings. The van der Waals surface area contributed by atoms with E-state index < -0.39 is 0 Å². The number of para-hydroxylation sites is 1. The molecule has 1 aromatic carbocycles. The summed E-state index contributed by atoms with van der Waals surface area (Å²) in [4.78, 5) is 19.1. The molecule has 1 saturated heterocycles. The summed E-state index contributed by atoms with van der Waals surface area (Å²) in [6.07, 6.45) is 4.77. The van der Waals surface area contributed by atoms with Crippen molar-refractivity contribution in [1.82, 2.24) is 25.0 Å². The van der Waals surface area contributed by atoms with Gasteiger partial charge >= 0.3 is 0 Å². The number of pyridine rings is 1. The lowest BCUT2D eigenvalue weighted by Crippen LogP contribution is -2.31. The minimum atomic E-state index is -0.0885. The van der Waals surface area contributed by atoms with E-state index in [0.717, 1.165) is 37.0 Å². The van der Waals surface area contributed by atoms with Crippen molar-refractivity contribution < 1.29 is 4.79 Å². The van der Waals surface area contributed by atoms with E-state index in [1.807, 2.05) is 43.7 Å². The first kappa shape index (κ1) is 16.7. The maximum atomic E-state index is 12.6. The first-order chi connectivity index (χ1) is 12.7. The Morgan fingerprint density at radius 2 is 2.04 bits per heavy atom. The molecule has 1 N–H and O–H groups in total. The normalized spacial score (nSPS) is 17.7. The van der Waals surface area contributed by atoms with Gasteiger partial charge in [-0.2, -0.15) is 5.10 Å². The average Bonchev–Trinajstić information content (AvgIpc) is 3.25.